The van der Waals surface area contributed by atoms with Crippen molar-refractivity contribution in [2.45, 2.75) is 57.5 Å². The van der Waals surface area contributed by atoms with Crippen molar-refractivity contribution >= 4 is 0 Å². The van der Waals surface area contributed by atoms with E-state index in [1.54, 1.807) is 0 Å². The average Bonchev–Trinajstić information content (AvgIpc) is 2.30. The number of hydrogen-bond acceptors (Lipinski definition) is 0. The van der Waals surface area contributed by atoms with Crippen LogP contribution in [-0.4, -0.2) is 12.9 Å². The zero-order chi connectivity index (χ0) is 14.0. The highest BCUT2D eigenvalue weighted by molar-refractivity contribution is 5.05. The van der Waals surface area contributed by atoms with Crippen LogP contribution in [0.15, 0.2) is 11.7 Å². The Morgan fingerprint density at radius 1 is 0.722 bits per heavy atom. The summed E-state index contributed by atoms with van der Waals surface area (Å²) < 4.78 is 72.0. The third-order valence-electron chi connectivity index (χ3n) is 2.52. The van der Waals surface area contributed by atoms with E-state index in [0.29, 0.717) is 12.8 Å². The van der Waals surface area contributed by atoms with Gasteiger partial charge in [0.05, 0.1) is 6.67 Å². The van der Waals surface area contributed by atoms with E-state index in [2.05, 4.69) is 0 Å². The normalized spacial score (nSPS) is 13.7. The number of rotatable bonds is 9. The minimum absolute atomic E-state index is 0.193. The topological polar surface area (TPSA) is 0 Å². The zero-order valence-electron chi connectivity index (χ0n) is 10.1. The molecule has 0 spiro atoms. The van der Waals surface area contributed by atoms with E-state index >= 15 is 0 Å². The van der Waals surface area contributed by atoms with Crippen LogP contribution in [0.25, 0.3) is 0 Å². The number of halogens is 6. The van der Waals surface area contributed by atoms with Crippen LogP contribution in [-0.2, 0) is 0 Å². The third kappa shape index (κ3) is 8.42. The molecule has 0 atom stereocenters. The van der Waals surface area contributed by atoms with Gasteiger partial charge >= 0.3 is 6.18 Å². The second kappa shape index (κ2) is 9.28. The van der Waals surface area contributed by atoms with Crippen molar-refractivity contribution in [3.63, 3.8) is 0 Å². The first-order valence-corrected chi connectivity index (χ1v) is 6.07. The van der Waals surface area contributed by atoms with Crippen LogP contribution in [0.1, 0.15) is 51.4 Å². The molecule has 0 saturated carbocycles. The molecular weight excluding hydrogens is 258 g/mol. The minimum Gasteiger partial charge on any atom is -0.251 e. The molecule has 0 aliphatic heterocycles. The van der Waals surface area contributed by atoms with E-state index in [4.69, 9.17) is 0 Å². The fraction of sp³-hybridized carbons (Fsp3) is 0.833. The molecule has 0 rings (SSSR count). The first-order valence-electron chi connectivity index (χ1n) is 6.07. The molecule has 0 radical (unpaired) electrons. The molecule has 0 bridgehead atoms. The molecule has 18 heavy (non-hydrogen) atoms. The van der Waals surface area contributed by atoms with Gasteiger partial charge in [-0.05, 0) is 12.8 Å². The predicted octanol–water partition coefficient (Wildman–Crippen LogP) is 5.79. The maximum absolute atomic E-state index is 12.7. The van der Waals surface area contributed by atoms with Gasteiger partial charge in [-0.1, -0.05) is 32.1 Å². The largest absolute Gasteiger partial charge is 0.445 e. The molecule has 0 saturated heterocycles. The molecule has 0 aromatic carbocycles. The second-order valence-electron chi connectivity index (χ2n) is 4.13. The molecule has 108 valence electrons. The van der Waals surface area contributed by atoms with Crippen molar-refractivity contribution in [2.24, 2.45) is 0 Å². The minimum atomic E-state index is -5.23. The van der Waals surface area contributed by atoms with Crippen LogP contribution < -0.4 is 0 Å². The van der Waals surface area contributed by atoms with Crippen LogP contribution in [0, 0.1) is 0 Å². The first kappa shape index (κ1) is 17.3. The molecule has 0 fully saturated rings. The summed E-state index contributed by atoms with van der Waals surface area (Å²) in [6.07, 6.45) is -1.25. The Morgan fingerprint density at radius 3 is 1.61 bits per heavy atom. The smallest absolute Gasteiger partial charge is 0.251 e. The molecule has 0 aliphatic carbocycles. The summed E-state index contributed by atoms with van der Waals surface area (Å²) in [5, 5.41) is 0. The molecule has 6 heteroatoms. The summed E-state index contributed by atoms with van der Waals surface area (Å²) in [4.78, 5) is 0. The highest BCUT2D eigenvalue weighted by Gasteiger charge is 2.37. The Kier molecular flexibility index (Phi) is 8.93. The van der Waals surface area contributed by atoms with Gasteiger partial charge in [0.2, 0.25) is 5.83 Å². The third-order valence-corrected chi connectivity index (χ3v) is 2.52. The van der Waals surface area contributed by atoms with Gasteiger partial charge in [0.1, 0.15) is 5.83 Å². The standard InChI is InChI=1S/C12H18F6/c13-9-7-5-3-1-2-4-6-8-10(14)11(15)12(16,17)18/h1-9H2. The van der Waals surface area contributed by atoms with Gasteiger partial charge in [0.25, 0.3) is 0 Å². The van der Waals surface area contributed by atoms with Crippen molar-refractivity contribution in [1.82, 2.24) is 0 Å². The molecule has 0 nitrogen and oxygen atoms in total. The van der Waals surface area contributed by atoms with E-state index in [-0.39, 0.29) is 13.1 Å². The van der Waals surface area contributed by atoms with Gasteiger partial charge in [-0.15, -0.1) is 0 Å². The van der Waals surface area contributed by atoms with Crippen molar-refractivity contribution in [1.29, 1.82) is 0 Å². The Labute approximate surface area is 103 Å². The zero-order valence-corrected chi connectivity index (χ0v) is 10.1. The van der Waals surface area contributed by atoms with Gasteiger partial charge < -0.3 is 0 Å². The van der Waals surface area contributed by atoms with Gasteiger partial charge in [-0.3, -0.25) is 4.39 Å². The average molecular weight is 276 g/mol. The quantitative estimate of drug-likeness (QED) is 0.369. The summed E-state index contributed by atoms with van der Waals surface area (Å²) in [6.45, 7) is -0.341. The highest BCUT2D eigenvalue weighted by atomic mass is 19.4. The summed E-state index contributed by atoms with van der Waals surface area (Å²) in [7, 11) is 0. The van der Waals surface area contributed by atoms with Crippen molar-refractivity contribution in [3.8, 4) is 0 Å². The lowest BCUT2D eigenvalue weighted by Crippen LogP contribution is -2.09. The van der Waals surface area contributed by atoms with E-state index in [0.717, 1.165) is 25.7 Å². The number of allylic oxidation sites excluding steroid dienone is 2. The van der Waals surface area contributed by atoms with E-state index in [1.165, 1.54) is 0 Å². The van der Waals surface area contributed by atoms with E-state index < -0.39 is 24.3 Å². The molecule has 0 aliphatic rings. The summed E-state index contributed by atoms with van der Waals surface area (Å²) in [5.74, 6) is -4.34. The summed E-state index contributed by atoms with van der Waals surface area (Å²) >= 11 is 0. The Balaban J connectivity index is 3.61. The molecule has 0 aromatic rings. The van der Waals surface area contributed by atoms with Crippen LogP contribution in [0.2, 0.25) is 0 Å². The lowest BCUT2D eigenvalue weighted by Gasteiger charge is -2.05. The highest BCUT2D eigenvalue weighted by Crippen LogP contribution is 2.31. The molecule has 0 aromatic heterocycles. The fourth-order valence-corrected chi connectivity index (χ4v) is 1.52. The molecule has 0 unspecified atom stereocenters. The van der Waals surface area contributed by atoms with E-state index in [1.807, 2.05) is 0 Å². The Hall–Kier alpha value is -0.680. The second-order valence-corrected chi connectivity index (χ2v) is 4.13. The summed E-state index contributed by atoms with van der Waals surface area (Å²) in [5.41, 5.74) is 0. The molecule has 0 amide bonds. The summed E-state index contributed by atoms with van der Waals surface area (Å²) in [6, 6.07) is 0. The maximum Gasteiger partial charge on any atom is 0.445 e. The van der Waals surface area contributed by atoms with Crippen molar-refractivity contribution in [2.75, 3.05) is 6.67 Å². The SMILES string of the molecule is FCCCCCCCCCC(F)=C(F)C(F)(F)F. The number of hydrogen-bond donors (Lipinski definition) is 0. The molecule has 0 N–H and O–H groups in total. The van der Waals surface area contributed by atoms with Crippen LogP contribution in [0.3, 0.4) is 0 Å². The molecule has 0 heterocycles. The van der Waals surface area contributed by atoms with Crippen molar-refractivity contribution in [3.05, 3.63) is 11.7 Å². The van der Waals surface area contributed by atoms with Crippen LogP contribution >= 0.6 is 0 Å². The van der Waals surface area contributed by atoms with Gasteiger partial charge in [-0.2, -0.15) is 17.6 Å². The Morgan fingerprint density at radius 2 is 1.17 bits per heavy atom. The van der Waals surface area contributed by atoms with Crippen LogP contribution in [0.4, 0.5) is 26.3 Å². The van der Waals surface area contributed by atoms with Crippen molar-refractivity contribution < 1.29 is 26.3 Å². The van der Waals surface area contributed by atoms with Gasteiger partial charge in [0.15, 0.2) is 0 Å². The monoisotopic (exact) mass is 276 g/mol. The number of unbranched alkanes of at least 4 members (excludes halogenated alkanes) is 6. The fourth-order valence-electron chi connectivity index (χ4n) is 1.52. The first-order chi connectivity index (χ1) is 8.39. The van der Waals surface area contributed by atoms with E-state index in [9.17, 15) is 26.3 Å². The van der Waals surface area contributed by atoms with Gasteiger partial charge in [-0.25, -0.2) is 4.39 Å². The van der Waals surface area contributed by atoms with Crippen LogP contribution in [0.5, 0.6) is 0 Å². The number of alkyl halides is 4. The molecular formula is C12H18F6. The maximum atomic E-state index is 12.7. The van der Waals surface area contributed by atoms with Gasteiger partial charge in [0, 0.05) is 6.42 Å². The predicted molar refractivity (Wildman–Crippen MR) is 58.2 cm³/mol. The lowest BCUT2D eigenvalue weighted by molar-refractivity contribution is -0.111. The lowest BCUT2D eigenvalue weighted by atomic mass is 10.1. The Bertz CT molecular complexity index is 243.